The van der Waals surface area contributed by atoms with E-state index in [9.17, 15) is 18.0 Å². The molecule has 2 heterocycles. The van der Waals surface area contributed by atoms with E-state index in [-0.39, 0.29) is 28.8 Å². The lowest BCUT2D eigenvalue weighted by atomic mass is 9.99. The SMILES string of the molecule is CC(C)(C)NC(=O)CNC(=O)[C@H]1CCCCN1C1=NS(=O)(=O)c2ccccc21. The van der Waals surface area contributed by atoms with Gasteiger partial charge in [-0.3, -0.25) is 9.59 Å². The zero-order valence-electron chi connectivity index (χ0n) is 16.4. The second-order valence-electron chi connectivity index (χ2n) is 8.11. The molecule has 0 spiro atoms. The van der Waals surface area contributed by atoms with Gasteiger partial charge in [0.25, 0.3) is 10.0 Å². The molecule has 3 rings (SSSR count). The van der Waals surface area contributed by atoms with Gasteiger partial charge in [0.15, 0.2) is 5.84 Å². The molecule has 0 unspecified atom stereocenters. The molecule has 2 amide bonds. The number of rotatable bonds is 3. The van der Waals surface area contributed by atoms with Crippen molar-refractivity contribution in [3.8, 4) is 0 Å². The van der Waals surface area contributed by atoms with E-state index >= 15 is 0 Å². The van der Waals surface area contributed by atoms with Crippen LogP contribution in [0.2, 0.25) is 0 Å². The number of benzene rings is 1. The predicted octanol–water partition coefficient (Wildman–Crippen LogP) is 1.02. The van der Waals surface area contributed by atoms with E-state index in [4.69, 9.17) is 0 Å². The Morgan fingerprint density at radius 3 is 2.64 bits per heavy atom. The third kappa shape index (κ3) is 4.35. The number of fused-ring (bicyclic) bond motifs is 1. The molecule has 2 aliphatic heterocycles. The van der Waals surface area contributed by atoms with Crippen LogP contribution in [0.4, 0.5) is 0 Å². The van der Waals surface area contributed by atoms with Crippen molar-refractivity contribution in [1.29, 1.82) is 0 Å². The van der Waals surface area contributed by atoms with E-state index in [0.29, 0.717) is 24.4 Å². The van der Waals surface area contributed by atoms with Crippen molar-refractivity contribution >= 4 is 27.7 Å². The molecule has 1 aromatic carbocycles. The third-order valence-corrected chi connectivity index (χ3v) is 5.95. The molecule has 2 aliphatic rings. The van der Waals surface area contributed by atoms with Gasteiger partial charge in [0, 0.05) is 17.6 Å². The molecule has 152 valence electrons. The minimum atomic E-state index is -3.75. The van der Waals surface area contributed by atoms with Gasteiger partial charge in [-0.15, -0.1) is 4.40 Å². The summed E-state index contributed by atoms with van der Waals surface area (Å²) in [5, 5.41) is 5.47. The predicted molar refractivity (Wildman–Crippen MR) is 105 cm³/mol. The number of amidine groups is 1. The van der Waals surface area contributed by atoms with Crippen LogP contribution >= 0.6 is 0 Å². The summed E-state index contributed by atoms with van der Waals surface area (Å²) >= 11 is 0. The van der Waals surface area contributed by atoms with Gasteiger partial charge in [-0.2, -0.15) is 8.42 Å². The highest BCUT2D eigenvalue weighted by Gasteiger charge is 2.38. The second-order valence-corrected chi connectivity index (χ2v) is 9.68. The second kappa shape index (κ2) is 7.54. The summed E-state index contributed by atoms with van der Waals surface area (Å²) in [6.07, 6.45) is 2.27. The summed E-state index contributed by atoms with van der Waals surface area (Å²) in [7, 11) is -3.75. The maximum atomic E-state index is 12.8. The van der Waals surface area contributed by atoms with Crippen LogP contribution in [-0.2, 0) is 19.6 Å². The first-order valence-electron chi connectivity index (χ1n) is 9.38. The van der Waals surface area contributed by atoms with E-state index in [0.717, 1.165) is 12.8 Å². The van der Waals surface area contributed by atoms with E-state index in [1.165, 1.54) is 6.07 Å². The number of hydrogen-bond acceptors (Lipinski definition) is 5. The van der Waals surface area contributed by atoms with Crippen molar-refractivity contribution in [3.63, 3.8) is 0 Å². The molecule has 8 nitrogen and oxygen atoms in total. The van der Waals surface area contributed by atoms with Gasteiger partial charge < -0.3 is 15.5 Å². The summed E-state index contributed by atoms with van der Waals surface area (Å²) in [4.78, 5) is 26.7. The van der Waals surface area contributed by atoms with Gasteiger partial charge in [0.1, 0.15) is 10.9 Å². The fourth-order valence-corrected chi connectivity index (χ4v) is 4.72. The van der Waals surface area contributed by atoms with E-state index in [1.807, 2.05) is 20.8 Å². The molecule has 1 aromatic rings. The molecule has 2 N–H and O–H groups in total. The Balaban J connectivity index is 1.77. The van der Waals surface area contributed by atoms with Crippen molar-refractivity contribution in [2.24, 2.45) is 4.40 Å². The highest BCUT2D eigenvalue weighted by atomic mass is 32.2. The number of carbonyl (C=O) groups is 2. The van der Waals surface area contributed by atoms with Crippen LogP contribution < -0.4 is 10.6 Å². The number of amides is 2. The maximum Gasteiger partial charge on any atom is 0.285 e. The summed E-state index contributed by atoms with van der Waals surface area (Å²) in [6, 6.07) is 6.08. The summed E-state index contributed by atoms with van der Waals surface area (Å²) < 4.78 is 28.7. The first-order chi connectivity index (χ1) is 13.1. The fourth-order valence-electron chi connectivity index (χ4n) is 3.50. The number of nitrogens with one attached hydrogen (secondary N) is 2. The van der Waals surface area contributed by atoms with Crippen molar-refractivity contribution < 1.29 is 18.0 Å². The summed E-state index contributed by atoms with van der Waals surface area (Å²) in [5.74, 6) is -0.253. The van der Waals surface area contributed by atoms with Crippen LogP contribution in [0.5, 0.6) is 0 Å². The highest BCUT2D eigenvalue weighted by molar-refractivity contribution is 7.90. The Morgan fingerprint density at radius 2 is 1.93 bits per heavy atom. The number of carbonyl (C=O) groups excluding carboxylic acids is 2. The molecule has 0 radical (unpaired) electrons. The Bertz CT molecular complexity index is 918. The maximum absolute atomic E-state index is 12.8. The highest BCUT2D eigenvalue weighted by Crippen LogP contribution is 2.30. The van der Waals surface area contributed by atoms with Crippen molar-refractivity contribution in [2.45, 2.75) is 56.5 Å². The average Bonchev–Trinajstić information content (AvgIpc) is 2.90. The Hall–Kier alpha value is -2.42. The first kappa shape index (κ1) is 20.3. The Labute approximate surface area is 165 Å². The number of likely N-dealkylation sites (tertiary alicyclic amines) is 1. The molecule has 1 atom stereocenters. The molecule has 0 bridgehead atoms. The van der Waals surface area contributed by atoms with Crippen LogP contribution in [0.25, 0.3) is 0 Å². The summed E-state index contributed by atoms with van der Waals surface area (Å²) in [6.45, 7) is 6.01. The van der Waals surface area contributed by atoms with Crippen LogP contribution in [-0.4, -0.2) is 55.6 Å². The monoisotopic (exact) mass is 406 g/mol. The fraction of sp³-hybridized carbons (Fsp3) is 0.526. The zero-order chi connectivity index (χ0) is 20.5. The number of sulfonamides is 1. The van der Waals surface area contributed by atoms with Gasteiger partial charge in [-0.25, -0.2) is 0 Å². The van der Waals surface area contributed by atoms with Gasteiger partial charge in [-0.1, -0.05) is 12.1 Å². The number of piperidine rings is 1. The standard InChI is InChI=1S/C19H26N4O4S/c1-19(2,3)21-16(24)12-20-18(25)14-9-6-7-11-23(14)17-13-8-4-5-10-15(13)28(26,27)22-17/h4-5,8,10,14H,6-7,9,11-12H2,1-3H3,(H,20,25)(H,21,24)/t14-/m1/s1. The van der Waals surface area contributed by atoms with Crippen LogP contribution in [0.1, 0.15) is 45.6 Å². The van der Waals surface area contributed by atoms with Crippen molar-refractivity contribution in [1.82, 2.24) is 15.5 Å². The normalized spacial score (nSPS) is 20.9. The van der Waals surface area contributed by atoms with Crippen LogP contribution in [0.15, 0.2) is 33.6 Å². The van der Waals surface area contributed by atoms with E-state index < -0.39 is 16.1 Å². The zero-order valence-corrected chi connectivity index (χ0v) is 17.2. The summed E-state index contributed by atoms with van der Waals surface area (Å²) in [5.41, 5.74) is 0.141. The first-order valence-corrected chi connectivity index (χ1v) is 10.8. The van der Waals surface area contributed by atoms with Gasteiger partial charge in [0.05, 0.1) is 6.54 Å². The molecule has 1 saturated heterocycles. The molecule has 0 saturated carbocycles. The lowest BCUT2D eigenvalue weighted by Crippen LogP contribution is -2.54. The Kier molecular flexibility index (Phi) is 5.47. The molecule has 28 heavy (non-hydrogen) atoms. The van der Waals surface area contributed by atoms with Gasteiger partial charge in [-0.05, 0) is 52.2 Å². The molecule has 1 fully saturated rings. The number of hydrogen-bond donors (Lipinski definition) is 2. The van der Waals surface area contributed by atoms with Crippen molar-refractivity contribution in [3.05, 3.63) is 29.8 Å². The van der Waals surface area contributed by atoms with E-state index in [2.05, 4.69) is 15.0 Å². The van der Waals surface area contributed by atoms with Crippen LogP contribution in [0, 0.1) is 0 Å². The minimum Gasteiger partial charge on any atom is -0.350 e. The topological polar surface area (TPSA) is 108 Å². The molecule has 9 heteroatoms. The largest absolute Gasteiger partial charge is 0.350 e. The Morgan fingerprint density at radius 1 is 1.21 bits per heavy atom. The molecule has 0 aliphatic carbocycles. The van der Waals surface area contributed by atoms with Crippen molar-refractivity contribution in [2.75, 3.05) is 13.1 Å². The number of nitrogens with zero attached hydrogens (tertiary/aromatic N) is 2. The van der Waals surface area contributed by atoms with Gasteiger partial charge >= 0.3 is 0 Å². The molecular formula is C19H26N4O4S. The molecular weight excluding hydrogens is 380 g/mol. The lowest BCUT2D eigenvalue weighted by molar-refractivity contribution is -0.129. The third-order valence-electron chi connectivity index (χ3n) is 4.63. The van der Waals surface area contributed by atoms with Crippen LogP contribution in [0.3, 0.4) is 0 Å². The average molecular weight is 407 g/mol. The quantitative estimate of drug-likeness (QED) is 0.779. The van der Waals surface area contributed by atoms with Gasteiger partial charge in [0.2, 0.25) is 11.8 Å². The van der Waals surface area contributed by atoms with E-state index in [1.54, 1.807) is 23.1 Å². The minimum absolute atomic E-state index is 0.123. The smallest absolute Gasteiger partial charge is 0.285 e. The lowest BCUT2D eigenvalue weighted by Gasteiger charge is -2.36. The molecule has 0 aromatic heterocycles.